The summed E-state index contributed by atoms with van der Waals surface area (Å²) in [7, 11) is 2.80. The molecule has 0 unspecified atom stereocenters. The van der Waals surface area contributed by atoms with Crippen LogP contribution in [0.15, 0.2) is 24.3 Å². The van der Waals surface area contributed by atoms with E-state index in [4.69, 9.17) is 16.3 Å². The van der Waals surface area contributed by atoms with Crippen molar-refractivity contribution in [3.8, 4) is 0 Å². The van der Waals surface area contributed by atoms with Gasteiger partial charge < -0.3 is 10.1 Å². The second-order valence-corrected chi connectivity index (χ2v) is 6.29. The summed E-state index contributed by atoms with van der Waals surface area (Å²) in [6.07, 6.45) is 0. The standard InChI is InChI=1S/C17H23ClN4O4/c1-19-17(25)20-14(23)11-21-7-9-22(10-8-21)15(16(24)26-2)12-5-3-4-6-13(12)18/h3-6,15H,7-11H2,1-2H3,(H2,19,20,23,25)/t15-/m0/s1. The molecule has 8 nitrogen and oxygen atoms in total. The topological polar surface area (TPSA) is 91.0 Å². The van der Waals surface area contributed by atoms with Gasteiger partial charge in [0, 0.05) is 38.2 Å². The molecule has 0 spiro atoms. The van der Waals surface area contributed by atoms with Crippen LogP contribution in [0.5, 0.6) is 0 Å². The van der Waals surface area contributed by atoms with Crippen molar-refractivity contribution in [3.63, 3.8) is 0 Å². The summed E-state index contributed by atoms with van der Waals surface area (Å²) < 4.78 is 4.96. The predicted molar refractivity (Wildman–Crippen MR) is 96.8 cm³/mol. The van der Waals surface area contributed by atoms with Gasteiger partial charge >= 0.3 is 12.0 Å². The van der Waals surface area contributed by atoms with Gasteiger partial charge in [-0.2, -0.15) is 0 Å². The summed E-state index contributed by atoms with van der Waals surface area (Å²) in [4.78, 5) is 39.2. The van der Waals surface area contributed by atoms with Crippen LogP contribution in [0.2, 0.25) is 5.02 Å². The quantitative estimate of drug-likeness (QED) is 0.726. The van der Waals surface area contributed by atoms with Gasteiger partial charge in [0.1, 0.15) is 6.04 Å². The molecule has 2 rings (SSSR count). The third-order valence-corrected chi connectivity index (χ3v) is 4.59. The first kappa shape index (κ1) is 20.2. The number of methoxy groups -OCH3 is 1. The van der Waals surface area contributed by atoms with Gasteiger partial charge in [-0.15, -0.1) is 0 Å². The summed E-state index contributed by atoms with van der Waals surface area (Å²) in [5.41, 5.74) is 0.701. The number of hydrogen-bond donors (Lipinski definition) is 2. The SMILES string of the molecule is CNC(=O)NC(=O)CN1CCN([C@H](C(=O)OC)c2ccccc2Cl)CC1. The van der Waals surface area contributed by atoms with Crippen LogP contribution in [0, 0.1) is 0 Å². The maximum absolute atomic E-state index is 12.3. The highest BCUT2D eigenvalue weighted by atomic mass is 35.5. The number of urea groups is 1. The van der Waals surface area contributed by atoms with E-state index in [1.165, 1.54) is 14.2 Å². The number of esters is 1. The number of nitrogens with zero attached hydrogens (tertiary/aromatic N) is 2. The molecule has 26 heavy (non-hydrogen) atoms. The molecule has 9 heteroatoms. The van der Waals surface area contributed by atoms with E-state index < -0.39 is 12.1 Å². The first-order chi connectivity index (χ1) is 12.5. The lowest BCUT2D eigenvalue weighted by molar-refractivity contribution is -0.148. The van der Waals surface area contributed by atoms with Crippen molar-refractivity contribution in [1.82, 2.24) is 20.4 Å². The Kier molecular flexibility index (Phi) is 7.38. The zero-order chi connectivity index (χ0) is 19.1. The van der Waals surface area contributed by atoms with E-state index in [2.05, 4.69) is 10.6 Å². The Morgan fingerprint density at radius 3 is 2.42 bits per heavy atom. The maximum atomic E-state index is 12.3. The Morgan fingerprint density at radius 2 is 1.85 bits per heavy atom. The monoisotopic (exact) mass is 382 g/mol. The lowest BCUT2D eigenvalue weighted by Crippen LogP contribution is -2.52. The minimum Gasteiger partial charge on any atom is -0.468 e. The Labute approximate surface area is 157 Å². The van der Waals surface area contributed by atoms with Crippen molar-refractivity contribution in [3.05, 3.63) is 34.9 Å². The van der Waals surface area contributed by atoms with Crippen LogP contribution in [-0.2, 0) is 14.3 Å². The Morgan fingerprint density at radius 1 is 1.19 bits per heavy atom. The lowest BCUT2D eigenvalue weighted by Gasteiger charge is -2.38. The van der Waals surface area contributed by atoms with E-state index >= 15 is 0 Å². The second-order valence-electron chi connectivity index (χ2n) is 5.89. The number of carbonyl (C=O) groups is 3. The molecule has 1 saturated heterocycles. The second kappa shape index (κ2) is 9.51. The zero-order valence-electron chi connectivity index (χ0n) is 14.8. The average molecular weight is 383 g/mol. The molecule has 1 heterocycles. The number of nitrogens with one attached hydrogen (secondary N) is 2. The summed E-state index contributed by atoms with van der Waals surface area (Å²) in [6, 6.07) is 6.08. The summed E-state index contributed by atoms with van der Waals surface area (Å²) in [6.45, 7) is 2.42. The number of benzene rings is 1. The van der Waals surface area contributed by atoms with Gasteiger partial charge in [-0.05, 0) is 11.6 Å². The molecule has 1 fully saturated rings. The number of amides is 3. The Hall–Kier alpha value is -2.16. The van der Waals surface area contributed by atoms with Crippen molar-refractivity contribution in [1.29, 1.82) is 0 Å². The number of ether oxygens (including phenoxy) is 1. The first-order valence-electron chi connectivity index (χ1n) is 8.26. The van der Waals surface area contributed by atoms with E-state index in [0.717, 1.165) is 0 Å². The number of imide groups is 1. The molecule has 1 aliphatic heterocycles. The summed E-state index contributed by atoms with van der Waals surface area (Å²) in [5.74, 6) is -0.739. The minimum absolute atomic E-state index is 0.121. The highest BCUT2D eigenvalue weighted by Crippen LogP contribution is 2.29. The highest BCUT2D eigenvalue weighted by molar-refractivity contribution is 6.31. The average Bonchev–Trinajstić information content (AvgIpc) is 2.64. The van der Waals surface area contributed by atoms with Crippen LogP contribution >= 0.6 is 11.6 Å². The zero-order valence-corrected chi connectivity index (χ0v) is 15.6. The van der Waals surface area contributed by atoms with Gasteiger partial charge in [0.05, 0.1) is 13.7 Å². The van der Waals surface area contributed by atoms with Crippen molar-refractivity contribution in [2.45, 2.75) is 6.04 Å². The molecule has 0 aromatic heterocycles. The van der Waals surface area contributed by atoms with E-state index in [1.54, 1.807) is 6.07 Å². The minimum atomic E-state index is -0.587. The van der Waals surface area contributed by atoms with Gasteiger partial charge in [0.2, 0.25) is 5.91 Å². The number of hydrogen-bond acceptors (Lipinski definition) is 6. The smallest absolute Gasteiger partial charge is 0.327 e. The van der Waals surface area contributed by atoms with E-state index in [0.29, 0.717) is 36.8 Å². The van der Waals surface area contributed by atoms with Crippen molar-refractivity contribution < 1.29 is 19.1 Å². The lowest BCUT2D eigenvalue weighted by atomic mass is 10.0. The van der Waals surface area contributed by atoms with Crippen LogP contribution in [0.4, 0.5) is 4.79 Å². The van der Waals surface area contributed by atoms with Crippen LogP contribution in [0.25, 0.3) is 0 Å². The predicted octanol–water partition coefficient (Wildman–Crippen LogP) is 0.627. The Balaban J connectivity index is 1.99. The molecule has 3 amide bonds. The maximum Gasteiger partial charge on any atom is 0.327 e. The largest absolute Gasteiger partial charge is 0.468 e. The molecule has 142 valence electrons. The van der Waals surface area contributed by atoms with Crippen LogP contribution in [-0.4, -0.2) is 74.6 Å². The van der Waals surface area contributed by atoms with Crippen molar-refractivity contribution in [2.75, 3.05) is 46.9 Å². The fourth-order valence-electron chi connectivity index (χ4n) is 2.89. The molecular formula is C17H23ClN4O4. The highest BCUT2D eigenvalue weighted by Gasteiger charge is 2.32. The molecule has 0 radical (unpaired) electrons. The van der Waals surface area contributed by atoms with Crippen LogP contribution in [0.1, 0.15) is 11.6 Å². The van der Waals surface area contributed by atoms with E-state index in [9.17, 15) is 14.4 Å². The third kappa shape index (κ3) is 5.17. The van der Waals surface area contributed by atoms with Gasteiger partial charge in [-0.3, -0.25) is 19.9 Å². The molecule has 2 N–H and O–H groups in total. The molecule has 1 aromatic rings. The Bertz CT molecular complexity index is 662. The fraction of sp³-hybridized carbons (Fsp3) is 0.471. The number of rotatable bonds is 5. The van der Waals surface area contributed by atoms with Crippen LogP contribution in [0.3, 0.4) is 0 Å². The van der Waals surface area contributed by atoms with Gasteiger partial charge in [0.25, 0.3) is 0 Å². The normalized spacial score (nSPS) is 16.6. The molecular weight excluding hydrogens is 360 g/mol. The molecule has 1 atom stereocenters. The third-order valence-electron chi connectivity index (χ3n) is 4.24. The molecule has 0 aliphatic carbocycles. The fourth-order valence-corrected chi connectivity index (χ4v) is 3.13. The molecule has 0 bridgehead atoms. The van der Waals surface area contributed by atoms with E-state index in [1.807, 2.05) is 28.0 Å². The first-order valence-corrected chi connectivity index (χ1v) is 8.64. The molecule has 1 aromatic carbocycles. The van der Waals surface area contributed by atoms with Gasteiger partial charge in [0.15, 0.2) is 0 Å². The molecule has 0 saturated carbocycles. The summed E-state index contributed by atoms with van der Waals surface area (Å²) >= 11 is 6.26. The van der Waals surface area contributed by atoms with Gasteiger partial charge in [-0.25, -0.2) is 9.59 Å². The number of carbonyl (C=O) groups excluding carboxylic acids is 3. The summed E-state index contributed by atoms with van der Waals surface area (Å²) in [5, 5.41) is 5.08. The van der Waals surface area contributed by atoms with Crippen molar-refractivity contribution >= 4 is 29.5 Å². The molecule has 1 aliphatic rings. The van der Waals surface area contributed by atoms with E-state index in [-0.39, 0.29) is 18.4 Å². The number of halogens is 1. The van der Waals surface area contributed by atoms with Gasteiger partial charge in [-0.1, -0.05) is 29.8 Å². The van der Waals surface area contributed by atoms with Crippen LogP contribution < -0.4 is 10.6 Å². The number of piperazine rings is 1. The van der Waals surface area contributed by atoms with Crippen molar-refractivity contribution in [2.24, 2.45) is 0 Å².